The maximum absolute atomic E-state index is 5.47. The molecule has 1 fully saturated rings. The van der Waals surface area contributed by atoms with Crippen LogP contribution < -0.4 is 10.6 Å². The minimum atomic E-state index is 0. The lowest BCUT2D eigenvalue weighted by Gasteiger charge is -2.19. The summed E-state index contributed by atoms with van der Waals surface area (Å²) < 4.78 is 10.4. The van der Waals surface area contributed by atoms with E-state index in [-0.39, 0.29) is 24.0 Å². The number of nitrogens with one attached hydrogen (secondary N) is 2. The zero-order chi connectivity index (χ0) is 18.0. The number of aliphatic imine (C=N–C) groups is 1. The molecule has 0 unspecified atom stereocenters. The summed E-state index contributed by atoms with van der Waals surface area (Å²) >= 11 is 0. The Bertz CT molecular complexity index is 325. The van der Waals surface area contributed by atoms with Gasteiger partial charge in [0.05, 0.1) is 13.2 Å². The number of guanidine groups is 1. The molecule has 1 heterocycles. The van der Waals surface area contributed by atoms with Crippen molar-refractivity contribution >= 4 is 29.9 Å². The summed E-state index contributed by atoms with van der Waals surface area (Å²) in [5.41, 5.74) is 0. The minimum absolute atomic E-state index is 0. The topological polar surface area (TPSA) is 58.1 Å². The van der Waals surface area contributed by atoms with Gasteiger partial charge in [-0.2, -0.15) is 0 Å². The third kappa shape index (κ3) is 15.0. The van der Waals surface area contributed by atoms with E-state index in [9.17, 15) is 0 Å². The molecule has 26 heavy (non-hydrogen) atoms. The number of rotatable bonds is 13. The van der Waals surface area contributed by atoms with Gasteiger partial charge in [-0.05, 0) is 58.7 Å². The monoisotopic (exact) mass is 484 g/mol. The van der Waals surface area contributed by atoms with Crippen molar-refractivity contribution < 1.29 is 9.47 Å². The molecule has 0 saturated carbocycles. The molecule has 1 aliphatic heterocycles. The Balaban J connectivity index is 0.00000625. The molecule has 0 bridgehead atoms. The van der Waals surface area contributed by atoms with Crippen molar-refractivity contribution in [3.05, 3.63) is 0 Å². The predicted molar refractivity (Wildman–Crippen MR) is 121 cm³/mol. The van der Waals surface area contributed by atoms with E-state index in [0.717, 1.165) is 51.5 Å². The standard InChI is InChI=1S/C19H40N4O2.HI/c1-3-20-19(21-11-6-9-16-25-18-17-24-2)22-12-10-15-23-13-7-4-5-8-14-23;/h3-18H2,1-2H3,(H2,20,21,22);1H. The highest BCUT2D eigenvalue weighted by Crippen LogP contribution is 2.09. The summed E-state index contributed by atoms with van der Waals surface area (Å²) in [6, 6.07) is 0. The molecule has 0 aromatic heterocycles. The van der Waals surface area contributed by atoms with Gasteiger partial charge in [0.25, 0.3) is 0 Å². The van der Waals surface area contributed by atoms with Gasteiger partial charge in [0.1, 0.15) is 0 Å². The Morgan fingerprint density at radius 2 is 1.73 bits per heavy atom. The van der Waals surface area contributed by atoms with Gasteiger partial charge in [0.2, 0.25) is 0 Å². The van der Waals surface area contributed by atoms with Crippen LogP contribution in [0.15, 0.2) is 4.99 Å². The number of likely N-dealkylation sites (tertiary alicyclic amines) is 1. The highest BCUT2D eigenvalue weighted by molar-refractivity contribution is 14.0. The van der Waals surface area contributed by atoms with Gasteiger partial charge >= 0.3 is 0 Å². The van der Waals surface area contributed by atoms with Gasteiger partial charge in [-0.25, -0.2) is 0 Å². The Morgan fingerprint density at radius 1 is 0.962 bits per heavy atom. The second kappa shape index (κ2) is 19.6. The van der Waals surface area contributed by atoms with Crippen molar-refractivity contribution in [2.24, 2.45) is 4.99 Å². The molecule has 156 valence electrons. The number of hydrogen-bond acceptors (Lipinski definition) is 4. The Hall–Kier alpha value is -0.120. The van der Waals surface area contributed by atoms with Crippen molar-refractivity contribution in [1.82, 2.24) is 15.5 Å². The second-order valence-corrected chi connectivity index (χ2v) is 6.61. The molecule has 6 nitrogen and oxygen atoms in total. The largest absolute Gasteiger partial charge is 0.382 e. The SMILES string of the molecule is CCNC(=NCCCN1CCCCCC1)NCCCCOCCOC.I. The van der Waals surface area contributed by atoms with Crippen LogP contribution in [0.5, 0.6) is 0 Å². The van der Waals surface area contributed by atoms with Gasteiger partial charge in [0.15, 0.2) is 5.96 Å². The van der Waals surface area contributed by atoms with Crippen molar-refractivity contribution in [3.8, 4) is 0 Å². The highest BCUT2D eigenvalue weighted by atomic mass is 127. The fourth-order valence-electron chi connectivity index (χ4n) is 2.97. The summed E-state index contributed by atoms with van der Waals surface area (Å²) in [6.45, 7) is 10.7. The zero-order valence-electron chi connectivity index (χ0n) is 16.9. The van der Waals surface area contributed by atoms with Crippen molar-refractivity contribution in [2.45, 2.75) is 51.9 Å². The molecule has 1 aliphatic rings. The molecule has 0 aromatic rings. The summed E-state index contributed by atoms with van der Waals surface area (Å²) in [5.74, 6) is 0.943. The molecule has 0 radical (unpaired) electrons. The molecular formula is C19H41IN4O2. The van der Waals surface area contributed by atoms with E-state index in [1.165, 1.54) is 45.3 Å². The van der Waals surface area contributed by atoms with Crippen molar-refractivity contribution in [3.63, 3.8) is 0 Å². The first-order valence-corrected chi connectivity index (χ1v) is 10.2. The lowest BCUT2D eigenvalue weighted by molar-refractivity contribution is 0.0689. The molecule has 1 rings (SSSR count). The van der Waals surface area contributed by atoms with Crippen LogP contribution in [-0.4, -0.2) is 77.1 Å². The van der Waals surface area contributed by atoms with E-state index in [1.54, 1.807) is 7.11 Å². The summed E-state index contributed by atoms with van der Waals surface area (Å²) in [5, 5.41) is 6.74. The van der Waals surface area contributed by atoms with Crippen LogP contribution in [0.4, 0.5) is 0 Å². The first-order valence-electron chi connectivity index (χ1n) is 10.2. The predicted octanol–water partition coefficient (Wildman–Crippen LogP) is 2.87. The molecule has 0 amide bonds. The molecule has 0 atom stereocenters. The molecule has 1 saturated heterocycles. The maximum Gasteiger partial charge on any atom is 0.191 e. The van der Waals surface area contributed by atoms with Crippen LogP contribution in [0.25, 0.3) is 0 Å². The molecule has 2 N–H and O–H groups in total. The van der Waals surface area contributed by atoms with E-state index >= 15 is 0 Å². The van der Waals surface area contributed by atoms with Crippen LogP contribution >= 0.6 is 24.0 Å². The van der Waals surface area contributed by atoms with Gasteiger partial charge < -0.3 is 25.0 Å². The van der Waals surface area contributed by atoms with Gasteiger partial charge in [-0.3, -0.25) is 4.99 Å². The van der Waals surface area contributed by atoms with E-state index in [4.69, 9.17) is 14.5 Å². The number of halogens is 1. The average molecular weight is 484 g/mol. The highest BCUT2D eigenvalue weighted by Gasteiger charge is 2.07. The third-order valence-electron chi connectivity index (χ3n) is 4.38. The first-order chi connectivity index (χ1) is 12.4. The molecule has 0 spiro atoms. The van der Waals surface area contributed by atoms with Gasteiger partial charge in [0, 0.05) is 33.4 Å². The number of methoxy groups -OCH3 is 1. The number of nitrogens with zero attached hydrogens (tertiary/aromatic N) is 2. The number of ether oxygens (including phenoxy) is 2. The van der Waals surface area contributed by atoms with Crippen LogP contribution in [0.2, 0.25) is 0 Å². The zero-order valence-corrected chi connectivity index (χ0v) is 19.3. The fraction of sp³-hybridized carbons (Fsp3) is 0.947. The summed E-state index contributed by atoms with van der Waals surface area (Å²) in [7, 11) is 1.70. The maximum atomic E-state index is 5.47. The molecule has 7 heteroatoms. The molecule has 0 aliphatic carbocycles. The van der Waals surface area contributed by atoms with Gasteiger partial charge in [-0.15, -0.1) is 24.0 Å². The average Bonchev–Trinajstić information content (AvgIpc) is 2.89. The fourth-order valence-corrected chi connectivity index (χ4v) is 2.97. The van der Waals surface area contributed by atoms with E-state index in [2.05, 4.69) is 22.5 Å². The molecular weight excluding hydrogens is 443 g/mol. The first kappa shape index (κ1) is 25.9. The van der Waals surface area contributed by atoms with Crippen molar-refractivity contribution in [1.29, 1.82) is 0 Å². The van der Waals surface area contributed by atoms with Crippen LogP contribution in [0.1, 0.15) is 51.9 Å². The van der Waals surface area contributed by atoms with Gasteiger partial charge in [-0.1, -0.05) is 12.8 Å². The van der Waals surface area contributed by atoms with Crippen molar-refractivity contribution in [2.75, 3.05) is 66.2 Å². The van der Waals surface area contributed by atoms with Crippen LogP contribution in [-0.2, 0) is 9.47 Å². The lowest BCUT2D eigenvalue weighted by atomic mass is 10.2. The van der Waals surface area contributed by atoms with E-state index in [0.29, 0.717) is 13.2 Å². The van der Waals surface area contributed by atoms with Crippen LogP contribution in [0, 0.1) is 0 Å². The van der Waals surface area contributed by atoms with E-state index < -0.39 is 0 Å². The minimum Gasteiger partial charge on any atom is -0.382 e. The van der Waals surface area contributed by atoms with Crippen LogP contribution in [0.3, 0.4) is 0 Å². The Labute approximate surface area is 177 Å². The summed E-state index contributed by atoms with van der Waals surface area (Å²) in [6.07, 6.45) is 8.83. The smallest absolute Gasteiger partial charge is 0.191 e. The quantitative estimate of drug-likeness (QED) is 0.182. The Kier molecular flexibility index (Phi) is 19.5. The molecule has 0 aromatic carbocycles. The Morgan fingerprint density at radius 3 is 2.42 bits per heavy atom. The lowest BCUT2D eigenvalue weighted by Crippen LogP contribution is -2.38. The third-order valence-corrected chi connectivity index (χ3v) is 4.38. The number of unbranched alkanes of at least 4 members (excludes halogenated alkanes) is 1. The summed E-state index contributed by atoms with van der Waals surface area (Å²) in [4.78, 5) is 7.30. The second-order valence-electron chi connectivity index (χ2n) is 6.61. The van der Waals surface area contributed by atoms with E-state index in [1.807, 2.05) is 0 Å². The number of hydrogen-bond donors (Lipinski definition) is 2. The normalized spacial score (nSPS) is 16.0.